The lowest BCUT2D eigenvalue weighted by Gasteiger charge is -2.10. The number of nitrogens with zero attached hydrogens (tertiary/aromatic N) is 3. The summed E-state index contributed by atoms with van der Waals surface area (Å²) in [5.74, 6) is 0.185. The van der Waals surface area contributed by atoms with Gasteiger partial charge in [-0.1, -0.05) is 12.1 Å². The number of alkyl halides is 3. The fraction of sp³-hybridized carbons (Fsp3) is 0.273. The molecule has 18 heavy (non-hydrogen) atoms. The molecule has 96 valence electrons. The van der Waals surface area contributed by atoms with Crippen molar-refractivity contribution < 1.29 is 17.9 Å². The topological polar surface area (TPSA) is 39.9 Å². The van der Waals surface area contributed by atoms with E-state index in [4.69, 9.17) is 0 Å². The van der Waals surface area contributed by atoms with Gasteiger partial charge in [0.1, 0.15) is 18.4 Å². The first-order valence-electron chi connectivity index (χ1n) is 5.14. The van der Waals surface area contributed by atoms with Crippen molar-refractivity contribution in [1.29, 1.82) is 0 Å². The summed E-state index contributed by atoms with van der Waals surface area (Å²) >= 11 is 0. The first-order chi connectivity index (χ1) is 8.53. The molecule has 4 nitrogen and oxygen atoms in total. The molecule has 0 unspecified atom stereocenters. The predicted molar refractivity (Wildman–Crippen MR) is 57.1 cm³/mol. The third kappa shape index (κ3) is 3.76. The molecule has 1 aromatic heterocycles. The van der Waals surface area contributed by atoms with E-state index in [1.807, 2.05) is 0 Å². The van der Waals surface area contributed by atoms with Crippen LogP contribution in [0.3, 0.4) is 0 Å². The average molecular weight is 257 g/mol. The highest BCUT2D eigenvalue weighted by atomic mass is 19.4. The fourth-order valence-corrected chi connectivity index (χ4v) is 1.40. The highest BCUT2D eigenvalue weighted by Gasteiger charge is 2.28. The van der Waals surface area contributed by atoms with E-state index in [1.165, 1.54) is 18.7 Å². The second kappa shape index (κ2) is 5.07. The van der Waals surface area contributed by atoms with Gasteiger partial charge in [-0.2, -0.15) is 18.3 Å². The van der Waals surface area contributed by atoms with E-state index in [9.17, 15) is 13.2 Å². The van der Waals surface area contributed by atoms with Crippen LogP contribution in [0.25, 0.3) is 0 Å². The second-order valence-corrected chi connectivity index (χ2v) is 3.64. The molecule has 0 saturated carbocycles. The maximum Gasteiger partial charge on any atom is 0.422 e. The molecule has 2 aromatic rings. The maximum absolute atomic E-state index is 12.0. The Morgan fingerprint density at radius 1 is 1.28 bits per heavy atom. The van der Waals surface area contributed by atoms with Crippen LogP contribution in [0.15, 0.2) is 36.9 Å². The summed E-state index contributed by atoms with van der Waals surface area (Å²) in [6.07, 6.45) is -1.41. The van der Waals surface area contributed by atoms with Crippen molar-refractivity contribution in [1.82, 2.24) is 14.8 Å². The van der Waals surface area contributed by atoms with Crippen LogP contribution < -0.4 is 4.74 Å². The van der Waals surface area contributed by atoms with Crippen LogP contribution >= 0.6 is 0 Å². The molecule has 0 aliphatic carbocycles. The minimum atomic E-state index is -4.33. The predicted octanol–water partition coefficient (Wildman–Crippen LogP) is 2.27. The van der Waals surface area contributed by atoms with Gasteiger partial charge >= 0.3 is 6.18 Å². The summed E-state index contributed by atoms with van der Waals surface area (Å²) in [7, 11) is 0. The van der Waals surface area contributed by atoms with E-state index in [2.05, 4.69) is 14.8 Å². The van der Waals surface area contributed by atoms with Gasteiger partial charge in [-0.05, 0) is 17.7 Å². The number of rotatable bonds is 4. The zero-order valence-electron chi connectivity index (χ0n) is 9.26. The molecule has 0 amide bonds. The van der Waals surface area contributed by atoms with Crippen LogP contribution in [-0.2, 0) is 6.54 Å². The van der Waals surface area contributed by atoms with Gasteiger partial charge in [0.05, 0.1) is 6.54 Å². The summed E-state index contributed by atoms with van der Waals surface area (Å²) in [6.45, 7) is -0.858. The molecule has 0 spiro atoms. The van der Waals surface area contributed by atoms with E-state index < -0.39 is 12.8 Å². The standard InChI is InChI=1S/C11H10F3N3O/c12-11(13,14)6-18-10-3-1-2-9(4-10)5-17-8-15-7-16-17/h1-4,7-8H,5-6H2. The van der Waals surface area contributed by atoms with Gasteiger partial charge in [0.25, 0.3) is 0 Å². The number of benzene rings is 1. The van der Waals surface area contributed by atoms with Crippen molar-refractivity contribution in [3.8, 4) is 5.75 Å². The minimum Gasteiger partial charge on any atom is -0.484 e. The fourth-order valence-electron chi connectivity index (χ4n) is 1.40. The average Bonchev–Trinajstić information content (AvgIpc) is 2.79. The first-order valence-corrected chi connectivity index (χ1v) is 5.14. The van der Waals surface area contributed by atoms with Crippen molar-refractivity contribution >= 4 is 0 Å². The van der Waals surface area contributed by atoms with E-state index >= 15 is 0 Å². The van der Waals surface area contributed by atoms with Crippen LogP contribution in [0.2, 0.25) is 0 Å². The van der Waals surface area contributed by atoms with Crippen molar-refractivity contribution in [3.63, 3.8) is 0 Å². The number of ether oxygens (including phenoxy) is 1. The minimum absolute atomic E-state index is 0.185. The third-order valence-corrected chi connectivity index (χ3v) is 2.11. The van der Waals surface area contributed by atoms with Crippen LogP contribution in [0.5, 0.6) is 5.75 Å². The van der Waals surface area contributed by atoms with Crippen LogP contribution in [0, 0.1) is 0 Å². The van der Waals surface area contributed by atoms with Crippen molar-refractivity contribution in [2.24, 2.45) is 0 Å². The number of hydrogen-bond donors (Lipinski definition) is 0. The zero-order valence-corrected chi connectivity index (χ0v) is 9.26. The largest absolute Gasteiger partial charge is 0.484 e. The van der Waals surface area contributed by atoms with Gasteiger partial charge in [-0.25, -0.2) is 9.67 Å². The van der Waals surface area contributed by atoms with Gasteiger partial charge in [0, 0.05) is 0 Å². The van der Waals surface area contributed by atoms with Gasteiger partial charge in [0.2, 0.25) is 0 Å². The monoisotopic (exact) mass is 257 g/mol. The van der Waals surface area contributed by atoms with Crippen molar-refractivity contribution in [2.45, 2.75) is 12.7 Å². The Bertz CT molecular complexity index is 496. The smallest absolute Gasteiger partial charge is 0.422 e. The number of hydrogen-bond acceptors (Lipinski definition) is 3. The number of aromatic nitrogens is 3. The van der Waals surface area contributed by atoms with Crippen molar-refractivity contribution in [2.75, 3.05) is 6.61 Å². The lowest BCUT2D eigenvalue weighted by molar-refractivity contribution is -0.153. The summed E-state index contributed by atoms with van der Waals surface area (Å²) in [6, 6.07) is 6.45. The zero-order chi connectivity index (χ0) is 13.0. The lowest BCUT2D eigenvalue weighted by Crippen LogP contribution is -2.19. The van der Waals surface area contributed by atoms with Gasteiger partial charge < -0.3 is 4.74 Å². The molecular formula is C11H10F3N3O. The Morgan fingerprint density at radius 3 is 2.78 bits per heavy atom. The highest BCUT2D eigenvalue weighted by molar-refractivity contribution is 5.28. The Kier molecular flexibility index (Phi) is 3.50. The molecule has 0 N–H and O–H groups in total. The maximum atomic E-state index is 12.0. The SMILES string of the molecule is FC(F)(F)COc1cccc(Cn2cncn2)c1. The molecule has 1 heterocycles. The molecule has 0 bridgehead atoms. The molecular weight excluding hydrogens is 247 g/mol. The highest BCUT2D eigenvalue weighted by Crippen LogP contribution is 2.19. The normalized spacial score (nSPS) is 11.5. The van der Waals surface area contributed by atoms with E-state index in [0.29, 0.717) is 6.54 Å². The summed E-state index contributed by atoms with van der Waals surface area (Å²) in [4.78, 5) is 3.78. The Morgan fingerprint density at radius 2 is 2.11 bits per heavy atom. The quantitative estimate of drug-likeness (QED) is 0.843. The molecule has 0 radical (unpaired) electrons. The van der Waals surface area contributed by atoms with Gasteiger partial charge in [-0.3, -0.25) is 0 Å². The molecule has 1 aromatic carbocycles. The molecule has 0 aliphatic rings. The number of halogens is 3. The first kappa shape index (κ1) is 12.4. The van der Waals surface area contributed by atoms with E-state index in [0.717, 1.165) is 5.56 Å². The lowest BCUT2D eigenvalue weighted by atomic mass is 10.2. The van der Waals surface area contributed by atoms with Gasteiger partial charge in [0.15, 0.2) is 6.61 Å². The second-order valence-electron chi connectivity index (χ2n) is 3.64. The third-order valence-electron chi connectivity index (χ3n) is 2.11. The molecule has 0 aliphatic heterocycles. The summed E-state index contributed by atoms with van der Waals surface area (Å²) < 4.78 is 42.2. The van der Waals surface area contributed by atoms with Gasteiger partial charge in [-0.15, -0.1) is 0 Å². The Hall–Kier alpha value is -2.05. The Balaban J connectivity index is 2.01. The molecule has 2 rings (SSSR count). The van der Waals surface area contributed by atoms with Crippen LogP contribution in [0.4, 0.5) is 13.2 Å². The molecule has 7 heteroatoms. The Labute approximate surface area is 101 Å². The molecule has 0 atom stereocenters. The van der Waals surface area contributed by atoms with Crippen LogP contribution in [0.1, 0.15) is 5.56 Å². The van der Waals surface area contributed by atoms with Crippen LogP contribution in [-0.4, -0.2) is 27.5 Å². The van der Waals surface area contributed by atoms with E-state index in [1.54, 1.807) is 22.9 Å². The van der Waals surface area contributed by atoms with Crippen molar-refractivity contribution in [3.05, 3.63) is 42.5 Å². The summed E-state index contributed by atoms with van der Waals surface area (Å²) in [5.41, 5.74) is 0.792. The summed E-state index contributed by atoms with van der Waals surface area (Å²) in [5, 5.41) is 3.91. The molecule has 0 fully saturated rings. The molecule has 0 saturated heterocycles. The van der Waals surface area contributed by atoms with E-state index in [-0.39, 0.29) is 5.75 Å².